The minimum Gasteiger partial charge on any atom is -0.480 e. The maximum absolute atomic E-state index is 15.7. The van der Waals surface area contributed by atoms with E-state index in [1.165, 1.54) is 29.9 Å². The highest BCUT2D eigenvalue weighted by Gasteiger charge is 2.47. The fourth-order valence-electron chi connectivity index (χ4n) is 7.46. The number of aliphatic carboxylic acids is 1. The van der Waals surface area contributed by atoms with Crippen LogP contribution in [-0.2, 0) is 49.5 Å². The molecule has 3 heterocycles. The van der Waals surface area contributed by atoms with Gasteiger partial charge in [0.25, 0.3) is 0 Å². The molecule has 4 bridgehead atoms. The van der Waals surface area contributed by atoms with E-state index in [-0.39, 0.29) is 78.5 Å². The van der Waals surface area contributed by atoms with Crippen molar-refractivity contribution in [2.24, 2.45) is 18.4 Å². The first-order chi connectivity index (χ1) is 25.5. The summed E-state index contributed by atoms with van der Waals surface area (Å²) < 4.78 is 71.4. The molecule has 5 aromatic rings. The fraction of sp³-hybridized carbons (Fsp3) is 0.400. The van der Waals surface area contributed by atoms with E-state index in [9.17, 15) is 23.1 Å². The van der Waals surface area contributed by atoms with Crippen molar-refractivity contribution in [2.45, 2.75) is 65.2 Å². The van der Waals surface area contributed by atoms with Crippen LogP contribution in [0.5, 0.6) is 11.5 Å². The zero-order valence-corrected chi connectivity index (χ0v) is 31.7. The van der Waals surface area contributed by atoms with E-state index in [0.29, 0.717) is 34.0 Å². The Morgan fingerprint density at radius 1 is 1.09 bits per heavy atom. The number of H-pyrrole nitrogens is 1. The van der Waals surface area contributed by atoms with Crippen molar-refractivity contribution in [1.29, 1.82) is 0 Å². The molecule has 54 heavy (non-hydrogen) atoms. The molecule has 2 atom stereocenters. The molecular weight excluding hydrogens is 719 g/mol. The normalized spacial score (nSPS) is 19.2. The van der Waals surface area contributed by atoms with Crippen LogP contribution in [0, 0.1) is 23.0 Å². The van der Waals surface area contributed by atoms with Crippen molar-refractivity contribution in [3.05, 3.63) is 94.9 Å². The number of esters is 1. The first-order valence-corrected chi connectivity index (χ1v) is 19.7. The molecular formula is C40H44F2N4O7S. The SMILES string of the molecule is CCOC(=O)C(C)Cc1cccc(C2(C(=O)O)CCCC(C)(C)CS(=O)(=O)CCc3c(c(F)cc4[nH]ccc34)Oc3ccc(F)c(c3)-c3nc2nn3C)c1. The van der Waals surface area contributed by atoms with Crippen LogP contribution in [0.2, 0.25) is 0 Å². The van der Waals surface area contributed by atoms with Crippen molar-refractivity contribution < 1.29 is 41.4 Å². The van der Waals surface area contributed by atoms with Crippen LogP contribution in [0.4, 0.5) is 8.78 Å². The highest BCUT2D eigenvalue weighted by Crippen LogP contribution is 2.41. The zero-order valence-electron chi connectivity index (χ0n) is 30.9. The Bertz CT molecular complexity index is 2340. The number of hydrogen-bond acceptors (Lipinski definition) is 8. The molecule has 2 unspecified atom stereocenters. The third-order valence-corrected chi connectivity index (χ3v) is 12.2. The second kappa shape index (κ2) is 15.0. The molecule has 0 spiro atoms. The molecule has 0 amide bonds. The molecule has 0 saturated heterocycles. The van der Waals surface area contributed by atoms with E-state index in [2.05, 4.69) is 15.1 Å². The number of carbonyl (C=O) groups excluding carboxylic acids is 1. The first kappa shape index (κ1) is 38.6. The van der Waals surface area contributed by atoms with Crippen LogP contribution in [0.1, 0.15) is 69.5 Å². The van der Waals surface area contributed by atoms with Gasteiger partial charge in [0.15, 0.2) is 38.5 Å². The van der Waals surface area contributed by atoms with Crippen LogP contribution in [0.25, 0.3) is 22.3 Å². The molecule has 1 aliphatic heterocycles. The van der Waals surface area contributed by atoms with E-state index < -0.39 is 44.2 Å². The first-order valence-electron chi connectivity index (χ1n) is 17.9. The summed E-state index contributed by atoms with van der Waals surface area (Å²) >= 11 is 0. The van der Waals surface area contributed by atoms with E-state index >= 15 is 8.78 Å². The van der Waals surface area contributed by atoms with Crippen molar-refractivity contribution in [2.75, 3.05) is 18.1 Å². The quantitative estimate of drug-likeness (QED) is 0.170. The van der Waals surface area contributed by atoms with Gasteiger partial charge in [-0.15, -0.1) is 0 Å². The average Bonchev–Trinajstić information content (AvgIpc) is 3.72. The number of carboxylic acids is 1. The number of aromatic amines is 1. The Morgan fingerprint density at radius 3 is 2.61 bits per heavy atom. The zero-order chi connectivity index (χ0) is 39.0. The van der Waals surface area contributed by atoms with Gasteiger partial charge < -0.3 is 19.6 Å². The molecule has 3 aromatic carbocycles. The molecule has 1 aliphatic rings. The second-order valence-electron chi connectivity index (χ2n) is 14.9. The van der Waals surface area contributed by atoms with Gasteiger partial charge in [0.1, 0.15) is 11.6 Å². The van der Waals surface area contributed by atoms with Gasteiger partial charge >= 0.3 is 11.9 Å². The lowest BCUT2D eigenvalue weighted by molar-refractivity contribution is -0.147. The molecule has 11 nitrogen and oxygen atoms in total. The largest absolute Gasteiger partial charge is 0.480 e. The van der Waals surface area contributed by atoms with Crippen LogP contribution < -0.4 is 4.74 Å². The van der Waals surface area contributed by atoms with Gasteiger partial charge in [-0.3, -0.25) is 9.59 Å². The minimum absolute atomic E-state index is 0.0139. The van der Waals surface area contributed by atoms with Crippen molar-refractivity contribution in [3.8, 4) is 22.9 Å². The average molecular weight is 763 g/mol. The van der Waals surface area contributed by atoms with Gasteiger partial charge in [-0.25, -0.2) is 26.9 Å². The summed E-state index contributed by atoms with van der Waals surface area (Å²) in [5.41, 5.74) is -0.835. The van der Waals surface area contributed by atoms with Gasteiger partial charge in [0.05, 0.1) is 29.6 Å². The van der Waals surface area contributed by atoms with Gasteiger partial charge in [-0.2, -0.15) is 5.10 Å². The maximum atomic E-state index is 15.7. The summed E-state index contributed by atoms with van der Waals surface area (Å²) in [6.45, 7) is 7.32. The molecule has 6 rings (SSSR count). The Labute approximate surface area is 312 Å². The van der Waals surface area contributed by atoms with Crippen molar-refractivity contribution in [3.63, 3.8) is 0 Å². The van der Waals surface area contributed by atoms with E-state index in [0.717, 1.165) is 6.07 Å². The number of carbonyl (C=O) groups is 2. The topological polar surface area (TPSA) is 153 Å². The van der Waals surface area contributed by atoms with Crippen LogP contribution in [0.15, 0.2) is 60.8 Å². The minimum atomic E-state index is -3.72. The molecule has 0 radical (unpaired) electrons. The number of benzene rings is 3. The monoisotopic (exact) mass is 762 g/mol. The number of fused-ring (bicyclic) bond motifs is 8. The number of halogens is 2. The number of ether oxygens (including phenoxy) is 2. The van der Waals surface area contributed by atoms with Crippen LogP contribution in [0.3, 0.4) is 0 Å². The number of rotatable bonds is 6. The summed E-state index contributed by atoms with van der Waals surface area (Å²) in [6.07, 6.45) is 2.44. The molecule has 0 fully saturated rings. The summed E-state index contributed by atoms with van der Waals surface area (Å²) in [5, 5.41) is 16.3. The molecule has 0 saturated carbocycles. The third kappa shape index (κ3) is 7.75. The number of aryl methyl sites for hydroxylation is 2. The summed E-state index contributed by atoms with van der Waals surface area (Å²) in [6, 6.07) is 13.6. The van der Waals surface area contributed by atoms with Gasteiger partial charge in [-0.1, -0.05) is 51.5 Å². The fourth-order valence-corrected chi connectivity index (χ4v) is 9.46. The summed E-state index contributed by atoms with van der Waals surface area (Å²) in [4.78, 5) is 33.8. The Morgan fingerprint density at radius 2 is 1.87 bits per heavy atom. The molecule has 0 aliphatic carbocycles. The van der Waals surface area contributed by atoms with E-state index in [4.69, 9.17) is 9.47 Å². The van der Waals surface area contributed by atoms with Crippen molar-refractivity contribution >= 4 is 32.7 Å². The summed E-state index contributed by atoms with van der Waals surface area (Å²) in [7, 11) is -2.20. The molecule has 2 N–H and O–H groups in total. The third-order valence-electron chi connectivity index (χ3n) is 10.1. The lowest BCUT2D eigenvalue weighted by atomic mass is 9.73. The lowest BCUT2D eigenvalue weighted by Gasteiger charge is -2.30. The van der Waals surface area contributed by atoms with E-state index in [1.807, 2.05) is 13.8 Å². The number of nitrogens with zero attached hydrogens (tertiary/aromatic N) is 3. The standard InChI is InChI=1S/C40H44F2N4O7S/c1-6-52-36(47)24(2)19-25-9-7-10-26(20-25)40(38(48)49)16-8-15-39(3,4)23-54(50,51)18-14-29-28-13-17-43-33(28)22-32(42)34(29)53-27-11-12-31(41)30(21-27)35-44-37(40)45-46(35)5/h7,9-13,17,20-22,24,43H,6,8,14-16,18-19,23H2,1-5H3,(H,48,49). The highest BCUT2D eigenvalue weighted by atomic mass is 32.2. The Balaban J connectivity index is 1.52. The van der Waals surface area contributed by atoms with Gasteiger partial charge in [-0.05, 0) is 73.4 Å². The van der Waals surface area contributed by atoms with E-state index in [1.54, 1.807) is 50.4 Å². The predicted molar refractivity (Wildman–Crippen MR) is 199 cm³/mol. The van der Waals surface area contributed by atoms with Crippen LogP contribution >= 0.6 is 0 Å². The number of nitrogens with one attached hydrogen (secondary N) is 1. The Kier molecular flexibility index (Phi) is 10.7. The molecule has 2 aromatic heterocycles. The number of aromatic nitrogens is 4. The number of hydrogen-bond donors (Lipinski definition) is 2. The highest BCUT2D eigenvalue weighted by molar-refractivity contribution is 7.91. The van der Waals surface area contributed by atoms with Gasteiger partial charge in [0.2, 0.25) is 0 Å². The smallest absolute Gasteiger partial charge is 0.322 e. The Hall–Kier alpha value is -5.11. The molecule has 14 heteroatoms. The maximum Gasteiger partial charge on any atom is 0.322 e. The van der Waals surface area contributed by atoms with Crippen molar-refractivity contribution in [1.82, 2.24) is 19.7 Å². The predicted octanol–water partition coefficient (Wildman–Crippen LogP) is 7.31. The molecule has 286 valence electrons. The second-order valence-corrected chi connectivity index (χ2v) is 17.0. The van der Waals surface area contributed by atoms with Gasteiger partial charge in [0, 0.05) is 35.8 Å². The number of sulfone groups is 1. The number of carboxylic acid groups (broad SMARTS) is 1. The summed E-state index contributed by atoms with van der Waals surface area (Å²) in [5.74, 6) is -4.29. The lowest BCUT2D eigenvalue weighted by Crippen LogP contribution is -2.39. The van der Waals surface area contributed by atoms with Crippen LogP contribution in [-0.4, -0.2) is 63.3 Å².